The first-order valence-electron chi connectivity index (χ1n) is 3.52. The minimum Gasteiger partial charge on any atom is -0.497 e. The number of rotatable bonds is 3. The Labute approximate surface area is 87.0 Å². The van der Waals surface area contributed by atoms with Crippen molar-refractivity contribution in [3.63, 3.8) is 0 Å². The van der Waals surface area contributed by atoms with Crippen LogP contribution in [0.4, 0.5) is 5.69 Å². The lowest BCUT2D eigenvalue weighted by Gasteiger charge is -2.11. The molecule has 0 atom stereocenters. The Kier molecular flexibility index (Phi) is 3.51. The second-order valence-electron chi connectivity index (χ2n) is 2.27. The summed E-state index contributed by atoms with van der Waals surface area (Å²) in [6.45, 7) is 0. The quantitative estimate of drug-likeness (QED) is 0.734. The Bertz CT molecular complexity index is 291. The standard InChI is InChI=1S/C8H9Cl2NO2/c1-12-6-3-4-7(11(9)10)8(5-6)13-2/h3-5H,1-2H3. The van der Waals surface area contributed by atoms with Crippen molar-refractivity contribution in [2.24, 2.45) is 0 Å². The van der Waals surface area contributed by atoms with E-state index in [0.717, 1.165) is 3.94 Å². The minimum absolute atomic E-state index is 0.560. The van der Waals surface area contributed by atoms with Crippen molar-refractivity contribution in [3.05, 3.63) is 18.2 Å². The van der Waals surface area contributed by atoms with Gasteiger partial charge in [0.2, 0.25) is 0 Å². The van der Waals surface area contributed by atoms with E-state index in [1.54, 1.807) is 25.3 Å². The largest absolute Gasteiger partial charge is 0.497 e. The maximum atomic E-state index is 5.56. The summed E-state index contributed by atoms with van der Waals surface area (Å²) in [6.07, 6.45) is 0. The summed E-state index contributed by atoms with van der Waals surface area (Å²) in [5.74, 6) is 1.25. The van der Waals surface area contributed by atoms with Gasteiger partial charge in [0, 0.05) is 29.6 Å². The molecule has 1 aromatic rings. The summed E-state index contributed by atoms with van der Waals surface area (Å²) in [6, 6.07) is 5.15. The smallest absolute Gasteiger partial charge is 0.148 e. The van der Waals surface area contributed by atoms with Crippen LogP contribution in [0.3, 0.4) is 0 Å². The van der Waals surface area contributed by atoms with Gasteiger partial charge in [-0.1, -0.05) is 0 Å². The third kappa shape index (κ3) is 2.32. The van der Waals surface area contributed by atoms with Gasteiger partial charge >= 0.3 is 0 Å². The molecule has 0 heterocycles. The van der Waals surface area contributed by atoms with Gasteiger partial charge in [0.25, 0.3) is 0 Å². The molecule has 1 rings (SSSR count). The van der Waals surface area contributed by atoms with Gasteiger partial charge in [-0.05, 0) is 12.1 Å². The van der Waals surface area contributed by atoms with Crippen LogP contribution in [0, 0.1) is 0 Å². The van der Waals surface area contributed by atoms with E-state index in [0.29, 0.717) is 17.2 Å². The van der Waals surface area contributed by atoms with Crippen molar-refractivity contribution < 1.29 is 9.47 Å². The van der Waals surface area contributed by atoms with Crippen molar-refractivity contribution >= 4 is 29.2 Å². The van der Waals surface area contributed by atoms with E-state index in [1.807, 2.05) is 0 Å². The molecule has 5 heteroatoms. The zero-order chi connectivity index (χ0) is 9.84. The second-order valence-corrected chi connectivity index (χ2v) is 3.12. The number of halogens is 2. The lowest BCUT2D eigenvalue weighted by Crippen LogP contribution is -1.96. The van der Waals surface area contributed by atoms with E-state index in [-0.39, 0.29) is 0 Å². The van der Waals surface area contributed by atoms with E-state index < -0.39 is 0 Å². The van der Waals surface area contributed by atoms with E-state index in [9.17, 15) is 0 Å². The third-order valence-corrected chi connectivity index (χ3v) is 1.93. The highest BCUT2D eigenvalue weighted by Crippen LogP contribution is 2.33. The molecule has 13 heavy (non-hydrogen) atoms. The summed E-state index contributed by atoms with van der Waals surface area (Å²) in [4.78, 5) is 0. The Hall–Kier alpha value is -0.800. The van der Waals surface area contributed by atoms with E-state index in [4.69, 9.17) is 33.0 Å². The van der Waals surface area contributed by atoms with E-state index in [2.05, 4.69) is 0 Å². The fraction of sp³-hybridized carbons (Fsp3) is 0.250. The highest BCUT2D eigenvalue weighted by Gasteiger charge is 2.08. The molecule has 72 valence electrons. The number of ether oxygens (including phenoxy) is 2. The molecule has 0 spiro atoms. The minimum atomic E-state index is 0.560. The number of hydrogen-bond donors (Lipinski definition) is 0. The molecule has 0 saturated carbocycles. The first-order valence-corrected chi connectivity index (χ1v) is 4.20. The van der Waals surface area contributed by atoms with Crippen LogP contribution >= 0.6 is 23.6 Å². The van der Waals surface area contributed by atoms with Gasteiger partial charge in [0.05, 0.1) is 14.2 Å². The van der Waals surface area contributed by atoms with Gasteiger partial charge in [-0.2, -0.15) is 3.94 Å². The van der Waals surface area contributed by atoms with Crippen LogP contribution in [0.1, 0.15) is 0 Å². The van der Waals surface area contributed by atoms with Crippen LogP contribution in [0.5, 0.6) is 11.5 Å². The molecule has 0 aromatic heterocycles. The Morgan fingerprint density at radius 3 is 2.31 bits per heavy atom. The van der Waals surface area contributed by atoms with Gasteiger partial charge in [-0.25, -0.2) is 0 Å². The van der Waals surface area contributed by atoms with Crippen molar-refractivity contribution in [1.82, 2.24) is 0 Å². The van der Waals surface area contributed by atoms with Crippen LogP contribution < -0.4 is 13.4 Å². The Balaban J connectivity index is 3.08. The van der Waals surface area contributed by atoms with Crippen LogP contribution in [-0.4, -0.2) is 14.2 Å². The molecule has 0 bridgehead atoms. The molecule has 0 N–H and O–H groups in total. The van der Waals surface area contributed by atoms with Gasteiger partial charge in [0.15, 0.2) is 0 Å². The normalized spacial score (nSPS) is 9.54. The summed E-state index contributed by atoms with van der Waals surface area (Å²) in [7, 11) is 3.11. The molecule has 0 unspecified atom stereocenters. The van der Waals surface area contributed by atoms with Gasteiger partial charge in [0.1, 0.15) is 17.2 Å². The number of methoxy groups -OCH3 is 2. The highest BCUT2D eigenvalue weighted by molar-refractivity contribution is 6.49. The molecule has 0 aliphatic carbocycles. The molecular weight excluding hydrogens is 213 g/mol. The lowest BCUT2D eigenvalue weighted by atomic mass is 10.3. The van der Waals surface area contributed by atoms with Crippen molar-refractivity contribution in [1.29, 1.82) is 0 Å². The number of nitrogens with zero attached hydrogens (tertiary/aromatic N) is 1. The number of anilines is 1. The average molecular weight is 222 g/mol. The molecule has 0 saturated heterocycles. The number of benzene rings is 1. The summed E-state index contributed by atoms with van der Waals surface area (Å²) in [5, 5.41) is 0. The van der Waals surface area contributed by atoms with Gasteiger partial charge in [-0.3, -0.25) is 0 Å². The van der Waals surface area contributed by atoms with Crippen molar-refractivity contribution in [2.75, 3.05) is 18.2 Å². The monoisotopic (exact) mass is 221 g/mol. The van der Waals surface area contributed by atoms with Crippen molar-refractivity contribution in [2.45, 2.75) is 0 Å². The topological polar surface area (TPSA) is 21.7 Å². The first-order chi connectivity index (χ1) is 6.19. The van der Waals surface area contributed by atoms with E-state index in [1.165, 1.54) is 7.11 Å². The predicted molar refractivity (Wildman–Crippen MR) is 53.7 cm³/mol. The summed E-state index contributed by atoms with van der Waals surface area (Å²) < 4.78 is 11.0. The molecular formula is C8H9Cl2NO2. The third-order valence-electron chi connectivity index (χ3n) is 1.57. The maximum absolute atomic E-state index is 5.56. The van der Waals surface area contributed by atoms with Crippen LogP contribution in [0.25, 0.3) is 0 Å². The molecule has 0 amide bonds. The molecule has 0 aliphatic rings. The Morgan fingerprint density at radius 2 is 1.85 bits per heavy atom. The Morgan fingerprint density at radius 1 is 1.15 bits per heavy atom. The zero-order valence-corrected chi connectivity index (χ0v) is 8.76. The highest BCUT2D eigenvalue weighted by atomic mass is 35.5. The maximum Gasteiger partial charge on any atom is 0.148 e. The lowest BCUT2D eigenvalue weighted by molar-refractivity contribution is 0.395. The second kappa shape index (κ2) is 4.44. The number of hydrogen-bond acceptors (Lipinski definition) is 3. The molecule has 3 nitrogen and oxygen atoms in total. The zero-order valence-electron chi connectivity index (χ0n) is 7.25. The molecule has 0 aliphatic heterocycles. The first kappa shape index (κ1) is 10.3. The molecule has 0 fully saturated rings. The predicted octanol–water partition coefficient (Wildman–Crippen LogP) is 2.82. The van der Waals surface area contributed by atoms with Crippen LogP contribution in [-0.2, 0) is 0 Å². The fourth-order valence-electron chi connectivity index (χ4n) is 0.925. The average Bonchev–Trinajstić information content (AvgIpc) is 2.16. The van der Waals surface area contributed by atoms with Crippen LogP contribution in [0.2, 0.25) is 0 Å². The summed E-state index contributed by atoms with van der Waals surface area (Å²) in [5.41, 5.74) is 0.576. The fourth-order valence-corrected chi connectivity index (χ4v) is 1.20. The van der Waals surface area contributed by atoms with Gasteiger partial charge in [-0.15, -0.1) is 0 Å². The molecule has 0 radical (unpaired) electrons. The van der Waals surface area contributed by atoms with Gasteiger partial charge < -0.3 is 9.47 Å². The van der Waals surface area contributed by atoms with E-state index >= 15 is 0 Å². The summed E-state index contributed by atoms with van der Waals surface area (Å²) >= 11 is 11.1. The SMILES string of the molecule is COc1ccc(N(Cl)Cl)c(OC)c1. The van der Waals surface area contributed by atoms with Crippen molar-refractivity contribution in [3.8, 4) is 11.5 Å². The molecule has 1 aromatic carbocycles. The van der Waals surface area contributed by atoms with Crippen LogP contribution in [0.15, 0.2) is 18.2 Å².